The molecular weight excluding hydrogens is 310 g/mol. The highest BCUT2D eigenvalue weighted by Crippen LogP contribution is 2.34. The molecule has 6 heteroatoms. The second-order valence-corrected chi connectivity index (χ2v) is 7.31. The SMILES string of the molecule is CC(OCC1CCCCO1)C(=O)NC1CCOC2(CCOCC2)C1. The molecule has 138 valence electrons. The van der Waals surface area contributed by atoms with Crippen LogP contribution in [0.1, 0.15) is 51.9 Å². The molecule has 3 rings (SSSR count). The van der Waals surface area contributed by atoms with Gasteiger partial charge in [-0.05, 0) is 51.9 Å². The van der Waals surface area contributed by atoms with Gasteiger partial charge >= 0.3 is 0 Å². The molecule has 0 radical (unpaired) electrons. The Morgan fingerprint density at radius 2 is 2.04 bits per heavy atom. The monoisotopic (exact) mass is 341 g/mol. The van der Waals surface area contributed by atoms with Gasteiger partial charge in [-0.3, -0.25) is 4.79 Å². The van der Waals surface area contributed by atoms with Crippen molar-refractivity contribution in [3.8, 4) is 0 Å². The summed E-state index contributed by atoms with van der Waals surface area (Å²) in [5.41, 5.74) is -0.103. The number of amides is 1. The van der Waals surface area contributed by atoms with Crippen molar-refractivity contribution in [2.45, 2.75) is 75.7 Å². The van der Waals surface area contributed by atoms with Gasteiger partial charge in [-0.15, -0.1) is 0 Å². The molecule has 3 aliphatic rings. The van der Waals surface area contributed by atoms with E-state index >= 15 is 0 Å². The van der Waals surface area contributed by atoms with Gasteiger partial charge in [0.2, 0.25) is 5.91 Å². The van der Waals surface area contributed by atoms with E-state index in [-0.39, 0.29) is 23.7 Å². The molecule has 0 aromatic rings. The van der Waals surface area contributed by atoms with Gasteiger partial charge in [-0.1, -0.05) is 0 Å². The van der Waals surface area contributed by atoms with E-state index in [9.17, 15) is 4.79 Å². The van der Waals surface area contributed by atoms with E-state index in [1.165, 1.54) is 6.42 Å². The molecule has 3 aliphatic heterocycles. The molecule has 1 amide bonds. The van der Waals surface area contributed by atoms with Gasteiger partial charge in [-0.25, -0.2) is 0 Å². The van der Waals surface area contributed by atoms with Crippen LogP contribution in [0.3, 0.4) is 0 Å². The fourth-order valence-electron chi connectivity index (χ4n) is 3.83. The first-order valence-corrected chi connectivity index (χ1v) is 9.42. The van der Waals surface area contributed by atoms with Gasteiger partial charge in [0.05, 0.1) is 18.3 Å². The van der Waals surface area contributed by atoms with Crippen molar-refractivity contribution in [2.75, 3.05) is 33.0 Å². The highest BCUT2D eigenvalue weighted by molar-refractivity contribution is 5.80. The van der Waals surface area contributed by atoms with Crippen LogP contribution in [0.2, 0.25) is 0 Å². The molecule has 3 saturated heterocycles. The van der Waals surface area contributed by atoms with Crippen molar-refractivity contribution in [1.82, 2.24) is 5.32 Å². The second-order valence-electron chi connectivity index (χ2n) is 7.31. The lowest BCUT2D eigenvalue weighted by Crippen LogP contribution is -2.52. The molecule has 3 atom stereocenters. The Labute approximate surface area is 144 Å². The maximum absolute atomic E-state index is 12.4. The van der Waals surface area contributed by atoms with Gasteiger partial charge in [0.15, 0.2) is 0 Å². The van der Waals surface area contributed by atoms with Crippen LogP contribution >= 0.6 is 0 Å². The Kier molecular flexibility index (Phi) is 6.49. The maximum Gasteiger partial charge on any atom is 0.249 e. The van der Waals surface area contributed by atoms with Crippen molar-refractivity contribution in [3.05, 3.63) is 0 Å². The van der Waals surface area contributed by atoms with Crippen molar-refractivity contribution in [1.29, 1.82) is 0 Å². The molecular formula is C18H31NO5. The molecule has 3 fully saturated rings. The van der Waals surface area contributed by atoms with Crippen LogP contribution in [0.4, 0.5) is 0 Å². The summed E-state index contributed by atoms with van der Waals surface area (Å²) in [7, 11) is 0. The summed E-state index contributed by atoms with van der Waals surface area (Å²) < 4.78 is 22.9. The van der Waals surface area contributed by atoms with Gasteiger partial charge in [-0.2, -0.15) is 0 Å². The predicted molar refractivity (Wildman–Crippen MR) is 88.9 cm³/mol. The fraction of sp³-hybridized carbons (Fsp3) is 0.944. The zero-order valence-corrected chi connectivity index (χ0v) is 14.8. The van der Waals surface area contributed by atoms with Crippen molar-refractivity contribution in [3.63, 3.8) is 0 Å². The van der Waals surface area contributed by atoms with Crippen molar-refractivity contribution < 1.29 is 23.7 Å². The number of carbonyl (C=O) groups excluding carboxylic acids is 1. The third-order valence-electron chi connectivity index (χ3n) is 5.42. The number of carbonyl (C=O) groups is 1. The maximum atomic E-state index is 12.4. The summed E-state index contributed by atoms with van der Waals surface area (Å²) in [4.78, 5) is 12.4. The number of hydrogen-bond donors (Lipinski definition) is 1. The summed E-state index contributed by atoms with van der Waals surface area (Å²) in [5, 5.41) is 3.15. The molecule has 0 aromatic carbocycles. The Morgan fingerprint density at radius 1 is 1.21 bits per heavy atom. The molecule has 6 nitrogen and oxygen atoms in total. The second kappa shape index (κ2) is 8.61. The minimum Gasteiger partial charge on any atom is -0.381 e. The van der Waals surface area contributed by atoms with E-state index in [0.717, 1.165) is 58.3 Å². The van der Waals surface area contributed by atoms with Gasteiger partial charge < -0.3 is 24.3 Å². The van der Waals surface area contributed by atoms with Crippen LogP contribution in [0, 0.1) is 0 Å². The van der Waals surface area contributed by atoms with Crippen molar-refractivity contribution >= 4 is 5.91 Å². The van der Waals surface area contributed by atoms with E-state index in [2.05, 4.69) is 5.32 Å². The first kappa shape index (κ1) is 18.1. The number of ether oxygens (including phenoxy) is 4. The minimum absolute atomic E-state index is 0.0279. The lowest BCUT2D eigenvalue weighted by atomic mass is 9.84. The normalized spacial score (nSPS) is 31.5. The quantitative estimate of drug-likeness (QED) is 0.826. The van der Waals surface area contributed by atoms with Crippen LogP contribution in [0.25, 0.3) is 0 Å². The smallest absolute Gasteiger partial charge is 0.249 e. The van der Waals surface area contributed by atoms with E-state index in [1.807, 2.05) is 6.92 Å². The highest BCUT2D eigenvalue weighted by atomic mass is 16.5. The molecule has 0 aromatic heterocycles. The molecule has 3 heterocycles. The first-order chi connectivity index (χ1) is 11.7. The molecule has 1 N–H and O–H groups in total. The first-order valence-electron chi connectivity index (χ1n) is 9.42. The van der Waals surface area contributed by atoms with Crippen LogP contribution in [-0.4, -0.2) is 62.8 Å². The van der Waals surface area contributed by atoms with E-state index in [1.54, 1.807) is 0 Å². The standard InChI is InChI=1S/C18H31NO5/c1-14(23-13-16-4-2-3-8-22-16)17(20)19-15-5-9-24-18(12-15)6-10-21-11-7-18/h14-16H,2-13H2,1H3,(H,19,20). The molecule has 0 saturated carbocycles. The Bertz CT molecular complexity index is 399. The zero-order chi connectivity index (χ0) is 16.8. The van der Waals surface area contributed by atoms with Crippen LogP contribution < -0.4 is 5.32 Å². The molecule has 3 unspecified atom stereocenters. The van der Waals surface area contributed by atoms with Gasteiger partial charge in [0.1, 0.15) is 6.10 Å². The third kappa shape index (κ3) is 4.91. The Hall–Kier alpha value is -0.690. The summed E-state index contributed by atoms with van der Waals surface area (Å²) >= 11 is 0. The highest BCUT2D eigenvalue weighted by Gasteiger charge is 2.39. The largest absolute Gasteiger partial charge is 0.381 e. The summed E-state index contributed by atoms with van der Waals surface area (Å²) in [6.07, 6.45) is 6.62. The van der Waals surface area contributed by atoms with Gasteiger partial charge in [0, 0.05) is 32.5 Å². The van der Waals surface area contributed by atoms with Crippen LogP contribution in [-0.2, 0) is 23.7 Å². The Balaban J connectivity index is 1.41. The topological polar surface area (TPSA) is 66.0 Å². The number of nitrogens with one attached hydrogen (secondary N) is 1. The van der Waals surface area contributed by atoms with Gasteiger partial charge in [0.25, 0.3) is 0 Å². The fourth-order valence-corrected chi connectivity index (χ4v) is 3.83. The minimum atomic E-state index is -0.441. The number of rotatable bonds is 5. The average molecular weight is 341 g/mol. The zero-order valence-electron chi connectivity index (χ0n) is 14.8. The van der Waals surface area contributed by atoms with Crippen molar-refractivity contribution in [2.24, 2.45) is 0 Å². The lowest BCUT2D eigenvalue weighted by molar-refractivity contribution is -0.148. The molecule has 1 spiro atoms. The Morgan fingerprint density at radius 3 is 2.79 bits per heavy atom. The average Bonchev–Trinajstić information content (AvgIpc) is 2.61. The van der Waals surface area contributed by atoms with Crippen LogP contribution in [0.5, 0.6) is 0 Å². The predicted octanol–water partition coefficient (Wildman–Crippen LogP) is 1.80. The molecule has 0 bridgehead atoms. The molecule has 24 heavy (non-hydrogen) atoms. The number of hydrogen-bond acceptors (Lipinski definition) is 5. The van der Waals surface area contributed by atoms with Crippen LogP contribution in [0.15, 0.2) is 0 Å². The lowest BCUT2D eigenvalue weighted by Gasteiger charge is -2.43. The summed E-state index contributed by atoms with van der Waals surface area (Å²) in [6, 6.07) is 0.168. The summed E-state index contributed by atoms with van der Waals surface area (Å²) in [6.45, 7) is 5.34. The van der Waals surface area contributed by atoms with E-state index in [4.69, 9.17) is 18.9 Å². The van der Waals surface area contributed by atoms with E-state index < -0.39 is 6.10 Å². The summed E-state index contributed by atoms with van der Waals surface area (Å²) in [5.74, 6) is -0.0279. The molecule has 0 aliphatic carbocycles. The third-order valence-corrected chi connectivity index (χ3v) is 5.42. The van der Waals surface area contributed by atoms with E-state index in [0.29, 0.717) is 13.2 Å².